The lowest BCUT2D eigenvalue weighted by Gasteiger charge is -2.17. The van der Waals surface area contributed by atoms with Crippen LogP contribution in [0, 0.1) is 0 Å². The van der Waals surface area contributed by atoms with Crippen LogP contribution in [0.1, 0.15) is 26.6 Å². The van der Waals surface area contributed by atoms with Gasteiger partial charge in [0, 0.05) is 5.41 Å². The molecule has 0 atom stereocenters. The van der Waals surface area contributed by atoms with Crippen LogP contribution in [0.5, 0.6) is 5.88 Å². The van der Waals surface area contributed by atoms with Crippen LogP contribution in [0.25, 0.3) is 5.52 Å². The molecule has 0 unspecified atom stereocenters. The van der Waals surface area contributed by atoms with E-state index < -0.39 is 0 Å². The molecule has 80 valence electrons. The summed E-state index contributed by atoms with van der Waals surface area (Å²) < 4.78 is 1.68. The SMILES string of the molecule is CC(C)(C)c1nc(Cl)c2cccc(O)n12. The molecule has 0 aliphatic carbocycles. The largest absolute Gasteiger partial charge is 0.494 e. The Morgan fingerprint density at radius 3 is 2.60 bits per heavy atom. The van der Waals surface area contributed by atoms with E-state index in [0.29, 0.717) is 5.15 Å². The Morgan fingerprint density at radius 2 is 2.00 bits per heavy atom. The van der Waals surface area contributed by atoms with Gasteiger partial charge in [-0.05, 0) is 12.1 Å². The second-order valence-corrected chi connectivity index (χ2v) is 4.94. The number of hydrogen-bond acceptors (Lipinski definition) is 2. The molecule has 2 rings (SSSR count). The Hall–Kier alpha value is -1.22. The van der Waals surface area contributed by atoms with Crippen molar-refractivity contribution < 1.29 is 5.11 Å². The molecule has 0 radical (unpaired) electrons. The molecule has 1 N–H and O–H groups in total. The van der Waals surface area contributed by atoms with Gasteiger partial charge in [0.15, 0.2) is 11.0 Å². The van der Waals surface area contributed by atoms with Crippen molar-refractivity contribution in [2.24, 2.45) is 0 Å². The van der Waals surface area contributed by atoms with Crippen LogP contribution in [0.2, 0.25) is 5.15 Å². The van der Waals surface area contributed by atoms with Gasteiger partial charge in [-0.2, -0.15) is 0 Å². The number of halogens is 1. The summed E-state index contributed by atoms with van der Waals surface area (Å²) in [6.07, 6.45) is 0. The Kier molecular flexibility index (Phi) is 2.15. The topological polar surface area (TPSA) is 37.5 Å². The molecule has 0 aliphatic heterocycles. The quantitative estimate of drug-likeness (QED) is 0.747. The number of fused-ring (bicyclic) bond motifs is 1. The highest BCUT2D eigenvalue weighted by atomic mass is 35.5. The lowest BCUT2D eigenvalue weighted by Crippen LogP contribution is -2.15. The van der Waals surface area contributed by atoms with Gasteiger partial charge in [0.1, 0.15) is 5.82 Å². The van der Waals surface area contributed by atoms with Gasteiger partial charge in [-0.3, -0.25) is 4.40 Å². The van der Waals surface area contributed by atoms with Crippen LogP contribution in [-0.4, -0.2) is 14.5 Å². The molecular weight excluding hydrogens is 212 g/mol. The second-order valence-electron chi connectivity index (χ2n) is 4.58. The average Bonchev–Trinajstić information content (AvgIpc) is 2.45. The summed E-state index contributed by atoms with van der Waals surface area (Å²) in [5.74, 6) is 0.928. The normalized spacial score (nSPS) is 12.3. The van der Waals surface area contributed by atoms with Gasteiger partial charge in [-0.15, -0.1) is 0 Å². The highest BCUT2D eigenvalue weighted by Gasteiger charge is 2.23. The molecule has 2 aromatic heterocycles. The first kappa shape index (κ1) is 10.3. The Morgan fingerprint density at radius 1 is 1.33 bits per heavy atom. The summed E-state index contributed by atoms with van der Waals surface area (Å²) >= 11 is 6.01. The summed E-state index contributed by atoms with van der Waals surface area (Å²) in [5, 5.41) is 10.2. The van der Waals surface area contributed by atoms with Gasteiger partial charge in [-0.25, -0.2) is 4.98 Å². The predicted molar refractivity (Wildman–Crippen MR) is 60.6 cm³/mol. The molecule has 4 heteroatoms. The molecule has 0 aromatic carbocycles. The maximum atomic E-state index is 9.79. The van der Waals surface area contributed by atoms with E-state index in [9.17, 15) is 5.11 Å². The van der Waals surface area contributed by atoms with Crippen molar-refractivity contribution in [2.75, 3.05) is 0 Å². The highest BCUT2D eigenvalue weighted by molar-refractivity contribution is 6.32. The Bertz CT molecular complexity index is 511. The van der Waals surface area contributed by atoms with E-state index in [2.05, 4.69) is 4.98 Å². The summed E-state index contributed by atoms with van der Waals surface area (Å²) in [7, 11) is 0. The summed E-state index contributed by atoms with van der Waals surface area (Å²) in [6.45, 7) is 6.10. The van der Waals surface area contributed by atoms with Crippen molar-refractivity contribution in [1.29, 1.82) is 0 Å². The van der Waals surface area contributed by atoms with E-state index in [1.54, 1.807) is 16.5 Å². The van der Waals surface area contributed by atoms with Crippen LogP contribution in [0.4, 0.5) is 0 Å². The fourth-order valence-electron chi connectivity index (χ4n) is 1.58. The first-order valence-corrected chi connectivity index (χ1v) is 5.15. The Balaban J connectivity index is 2.88. The number of rotatable bonds is 0. The average molecular weight is 225 g/mol. The fourth-order valence-corrected chi connectivity index (χ4v) is 1.81. The number of aromatic hydroxyl groups is 1. The monoisotopic (exact) mass is 224 g/mol. The summed E-state index contributed by atoms with van der Waals surface area (Å²) in [6, 6.07) is 5.22. The van der Waals surface area contributed by atoms with Crippen LogP contribution >= 0.6 is 11.6 Å². The second kappa shape index (κ2) is 3.14. The molecule has 0 fully saturated rings. The predicted octanol–water partition coefficient (Wildman–Crippen LogP) is 2.99. The lowest BCUT2D eigenvalue weighted by molar-refractivity contribution is 0.431. The van der Waals surface area contributed by atoms with E-state index in [4.69, 9.17) is 11.6 Å². The zero-order valence-electron chi connectivity index (χ0n) is 8.95. The molecule has 0 saturated carbocycles. The molecule has 2 aromatic rings. The van der Waals surface area contributed by atoms with Crippen LogP contribution in [0.3, 0.4) is 0 Å². The zero-order chi connectivity index (χ0) is 11.2. The minimum atomic E-state index is -0.158. The third kappa shape index (κ3) is 1.57. The molecule has 0 saturated heterocycles. The van der Waals surface area contributed by atoms with Crippen molar-refractivity contribution in [2.45, 2.75) is 26.2 Å². The maximum Gasteiger partial charge on any atom is 0.197 e. The number of hydrogen-bond donors (Lipinski definition) is 1. The molecular formula is C11H13ClN2O. The Labute approximate surface area is 93.3 Å². The fraction of sp³-hybridized carbons (Fsp3) is 0.364. The van der Waals surface area contributed by atoms with Gasteiger partial charge < -0.3 is 5.11 Å². The van der Waals surface area contributed by atoms with E-state index in [0.717, 1.165) is 11.3 Å². The minimum Gasteiger partial charge on any atom is -0.494 e. The number of nitrogens with zero attached hydrogens (tertiary/aromatic N) is 2. The highest BCUT2D eigenvalue weighted by Crippen LogP contribution is 2.30. The van der Waals surface area contributed by atoms with E-state index >= 15 is 0 Å². The van der Waals surface area contributed by atoms with Crippen LogP contribution < -0.4 is 0 Å². The van der Waals surface area contributed by atoms with Gasteiger partial charge in [0.05, 0.1) is 5.52 Å². The standard InChI is InChI=1S/C11H13ClN2O/c1-11(2,3)10-13-9(12)7-5-4-6-8(15)14(7)10/h4-6,15H,1-3H3. The van der Waals surface area contributed by atoms with E-state index in [1.807, 2.05) is 26.8 Å². The third-order valence-corrected chi connectivity index (χ3v) is 2.55. The van der Waals surface area contributed by atoms with Gasteiger partial charge in [0.2, 0.25) is 0 Å². The van der Waals surface area contributed by atoms with E-state index in [1.165, 1.54) is 0 Å². The first-order chi connectivity index (χ1) is 6.91. The smallest absolute Gasteiger partial charge is 0.197 e. The lowest BCUT2D eigenvalue weighted by atomic mass is 9.96. The maximum absolute atomic E-state index is 9.79. The van der Waals surface area contributed by atoms with Crippen molar-refractivity contribution >= 4 is 17.1 Å². The molecule has 2 heterocycles. The number of pyridine rings is 1. The molecule has 0 amide bonds. The molecule has 0 spiro atoms. The van der Waals surface area contributed by atoms with Crippen LogP contribution in [0.15, 0.2) is 18.2 Å². The van der Waals surface area contributed by atoms with Crippen molar-refractivity contribution in [3.05, 3.63) is 29.2 Å². The molecule has 3 nitrogen and oxygen atoms in total. The number of aromatic nitrogens is 2. The summed E-state index contributed by atoms with van der Waals surface area (Å²) in [5.41, 5.74) is 0.580. The van der Waals surface area contributed by atoms with Crippen molar-refractivity contribution in [1.82, 2.24) is 9.38 Å². The zero-order valence-corrected chi connectivity index (χ0v) is 9.71. The van der Waals surface area contributed by atoms with Gasteiger partial charge in [-0.1, -0.05) is 38.4 Å². The van der Waals surface area contributed by atoms with Crippen molar-refractivity contribution in [3.63, 3.8) is 0 Å². The summed E-state index contributed by atoms with van der Waals surface area (Å²) in [4.78, 5) is 4.29. The third-order valence-electron chi connectivity index (χ3n) is 2.27. The minimum absolute atomic E-state index is 0.158. The molecule has 15 heavy (non-hydrogen) atoms. The number of imidazole rings is 1. The van der Waals surface area contributed by atoms with Gasteiger partial charge in [0.25, 0.3) is 0 Å². The van der Waals surface area contributed by atoms with Crippen LogP contribution in [-0.2, 0) is 5.41 Å². The molecule has 0 bridgehead atoms. The first-order valence-electron chi connectivity index (χ1n) is 4.77. The van der Waals surface area contributed by atoms with E-state index in [-0.39, 0.29) is 11.3 Å². The van der Waals surface area contributed by atoms with Crippen molar-refractivity contribution in [3.8, 4) is 5.88 Å². The molecule has 0 aliphatic rings. The van der Waals surface area contributed by atoms with Gasteiger partial charge >= 0.3 is 0 Å².